The van der Waals surface area contributed by atoms with E-state index < -0.39 is 23.3 Å². The zero-order valence-electron chi connectivity index (χ0n) is 13.8. The van der Waals surface area contributed by atoms with E-state index in [2.05, 4.69) is 0 Å². The Hall–Kier alpha value is -3.13. The van der Waals surface area contributed by atoms with Crippen molar-refractivity contribution in [2.45, 2.75) is 32.2 Å². The monoisotopic (exact) mass is 357 g/mol. The number of nitrogens with zero attached hydrogens (tertiary/aromatic N) is 1. The average Bonchev–Trinajstić information content (AvgIpc) is 2.58. The molecule has 0 fully saturated rings. The predicted octanol–water partition coefficient (Wildman–Crippen LogP) is 1.82. The van der Waals surface area contributed by atoms with Gasteiger partial charge in [-0.2, -0.15) is 0 Å². The summed E-state index contributed by atoms with van der Waals surface area (Å²) in [5, 5.41) is 10.6. The molecule has 134 valence electrons. The Morgan fingerprint density at radius 3 is 2.54 bits per heavy atom. The van der Waals surface area contributed by atoms with Crippen LogP contribution in [-0.2, 0) is 30.3 Å². The molecule has 1 aliphatic carbocycles. The van der Waals surface area contributed by atoms with Gasteiger partial charge in [-0.3, -0.25) is 24.5 Å². The van der Waals surface area contributed by atoms with Crippen molar-refractivity contribution >= 4 is 23.2 Å². The van der Waals surface area contributed by atoms with Crippen molar-refractivity contribution in [2.24, 2.45) is 0 Å². The molecule has 0 N–H and O–H groups in total. The van der Waals surface area contributed by atoms with Gasteiger partial charge in [0.2, 0.25) is 6.29 Å². The van der Waals surface area contributed by atoms with E-state index in [9.17, 15) is 24.5 Å². The van der Waals surface area contributed by atoms with Crippen molar-refractivity contribution in [3.8, 4) is 0 Å². The number of carbonyl (C=O) groups is 3. The lowest BCUT2D eigenvalue weighted by Crippen LogP contribution is -2.37. The van der Waals surface area contributed by atoms with Crippen LogP contribution in [0.2, 0.25) is 0 Å². The molecule has 8 heteroatoms. The van der Waals surface area contributed by atoms with Crippen LogP contribution in [0.3, 0.4) is 0 Å². The van der Waals surface area contributed by atoms with Gasteiger partial charge in [-0.05, 0) is 24.6 Å². The standard InChI is InChI=1S/C18H15NO7/c1-10-18-13(14(20)6-7-15(18)21)9-17(25-10)26-16(22)8-11-2-4-12(5-3-11)19(23)24/h2-7,10,17H,8-9H2,1H3/t10-,17+/m1/s1. The van der Waals surface area contributed by atoms with Gasteiger partial charge in [-0.25, -0.2) is 0 Å². The highest BCUT2D eigenvalue weighted by molar-refractivity contribution is 6.20. The molecule has 3 rings (SSSR count). The number of nitro benzene ring substituents is 1. The number of nitro groups is 1. The lowest BCUT2D eigenvalue weighted by Gasteiger charge is -2.31. The third-order valence-corrected chi connectivity index (χ3v) is 4.17. The number of esters is 1. The van der Waals surface area contributed by atoms with Crippen LogP contribution in [0.5, 0.6) is 0 Å². The van der Waals surface area contributed by atoms with E-state index in [0.29, 0.717) is 16.7 Å². The van der Waals surface area contributed by atoms with Crippen LogP contribution in [0, 0.1) is 10.1 Å². The predicted molar refractivity (Wildman–Crippen MR) is 88.0 cm³/mol. The Bertz CT molecular complexity index is 851. The van der Waals surface area contributed by atoms with Gasteiger partial charge in [0.05, 0.1) is 17.4 Å². The van der Waals surface area contributed by atoms with Crippen molar-refractivity contribution in [2.75, 3.05) is 0 Å². The summed E-state index contributed by atoms with van der Waals surface area (Å²) in [5.74, 6) is -1.15. The van der Waals surface area contributed by atoms with Crippen LogP contribution in [-0.4, -0.2) is 34.9 Å². The summed E-state index contributed by atoms with van der Waals surface area (Å²) in [5.41, 5.74) is 1.10. The van der Waals surface area contributed by atoms with Crippen LogP contribution in [0.25, 0.3) is 0 Å². The fourth-order valence-corrected chi connectivity index (χ4v) is 2.95. The molecule has 0 saturated carbocycles. The van der Waals surface area contributed by atoms with E-state index in [0.717, 1.165) is 0 Å². The average molecular weight is 357 g/mol. The fraction of sp³-hybridized carbons (Fsp3) is 0.278. The van der Waals surface area contributed by atoms with Crippen LogP contribution in [0.4, 0.5) is 5.69 Å². The highest BCUT2D eigenvalue weighted by Gasteiger charge is 2.36. The summed E-state index contributed by atoms with van der Waals surface area (Å²) < 4.78 is 10.8. The third kappa shape index (κ3) is 3.60. The van der Waals surface area contributed by atoms with Crippen molar-refractivity contribution in [3.05, 3.63) is 63.2 Å². The summed E-state index contributed by atoms with van der Waals surface area (Å²) in [6.45, 7) is 1.62. The Morgan fingerprint density at radius 2 is 1.88 bits per heavy atom. The molecule has 2 atom stereocenters. The molecule has 0 unspecified atom stereocenters. The van der Waals surface area contributed by atoms with E-state index in [4.69, 9.17) is 9.47 Å². The number of allylic oxidation sites excluding steroid dienone is 2. The molecule has 0 bridgehead atoms. The second-order valence-corrected chi connectivity index (χ2v) is 5.96. The van der Waals surface area contributed by atoms with E-state index in [1.165, 1.54) is 36.4 Å². The Morgan fingerprint density at radius 1 is 1.23 bits per heavy atom. The molecule has 1 aromatic carbocycles. The lowest BCUT2D eigenvalue weighted by molar-refractivity contribution is -0.384. The Labute approximate surface area is 148 Å². The second-order valence-electron chi connectivity index (χ2n) is 5.96. The zero-order chi connectivity index (χ0) is 18.8. The minimum Gasteiger partial charge on any atom is -0.435 e. The molecule has 0 radical (unpaired) electrons. The molecule has 1 aliphatic heterocycles. The first-order valence-corrected chi connectivity index (χ1v) is 7.93. The first kappa shape index (κ1) is 17.7. The number of hydrogen-bond acceptors (Lipinski definition) is 7. The van der Waals surface area contributed by atoms with Gasteiger partial charge in [0.25, 0.3) is 5.69 Å². The van der Waals surface area contributed by atoms with Crippen molar-refractivity contribution < 1.29 is 28.8 Å². The molecule has 0 saturated heterocycles. The number of benzene rings is 1. The van der Waals surface area contributed by atoms with Crippen LogP contribution in [0.15, 0.2) is 47.6 Å². The highest BCUT2D eigenvalue weighted by atomic mass is 16.7. The molecule has 8 nitrogen and oxygen atoms in total. The molecule has 2 aliphatic rings. The molecule has 1 aromatic rings. The summed E-state index contributed by atoms with van der Waals surface area (Å²) in [7, 11) is 0. The zero-order valence-corrected chi connectivity index (χ0v) is 13.8. The summed E-state index contributed by atoms with van der Waals surface area (Å²) in [6, 6.07) is 5.55. The van der Waals surface area contributed by atoms with E-state index in [1.54, 1.807) is 6.92 Å². The number of ketones is 2. The SMILES string of the molecule is C[C@H]1O[C@@H](OC(=O)Cc2ccc([N+](=O)[O-])cc2)CC2=C1C(=O)C=CC2=O. The van der Waals surface area contributed by atoms with E-state index >= 15 is 0 Å². The van der Waals surface area contributed by atoms with Gasteiger partial charge in [0, 0.05) is 29.7 Å². The van der Waals surface area contributed by atoms with Gasteiger partial charge < -0.3 is 9.47 Å². The van der Waals surface area contributed by atoms with Crippen molar-refractivity contribution in [1.29, 1.82) is 0 Å². The number of non-ortho nitro benzene ring substituents is 1. The van der Waals surface area contributed by atoms with E-state index in [-0.39, 0.29) is 30.1 Å². The topological polar surface area (TPSA) is 113 Å². The quantitative estimate of drug-likeness (QED) is 0.349. The second kappa shape index (κ2) is 7.01. The van der Waals surface area contributed by atoms with Gasteiger partial charge in [0.1, 0.15) is 0 Å². The number of hydrogen-bond donors (Lipinski definition) is 0. The molecule has 26 heavy (non-hydrogen) atoms. The maximum atomic E-state index is 12.1. The van der Waals surface area contributed by atoms with Crippen molar-refractivity contribution in [3.63, 3.8) is 0 Å². The maximum Gasteiger partial charge on any atom is 0.312 e. The Kier molecular flexibility index (Phi) is 4.77. The van der Waals surface area contributed by atoms with Gasteiger partial charge >= 0.3 is 5.97 Å². The minimum atomic E-state index is -0.961. The molecular weight excluding hydrogens is 342 g/mol. The molecule has 1 heterocycles. The summed E-state index contributed by atoms with van der Waals surface area (Å²) >= 11 is 0. The molecule has 0 aromatic heterocycles. The minimum absolute atomic E-state index is 0.0145. The lowest BCUT2D eigenvalue weighted by atomic mass is 9.87. The number of rotatable bonds is 4. The highest BCUT2D eigenvalue weighted by Crippen LogP contribution is 2.30. The smallest absolute Gasteiger partial charge is 0.312 e. The van der Waals surface area contributed by atoms with Gasteiger partial charge in [0.15, 0.2) is 11.6 Å². The maximum absolute atomic E-state index is 12.1. The fourth-order valence-electron chi connectivity index (χ4n) is 2.95. The van der Waals surface area contributed by atoms with Crippen LogP contribution in [0.1, 0.15) is 18.9 Å². The largest absolute Gasteiger partial charge is 0.435 e. The van der Waals surface area contributed by atoms with Gasteiger partial charge in [-0.15, -0.1) is 0 Å². The molecular formula is C18H15NO7. The van der Waals surface area contributed by atoms with Crippen LogP contribution < -0.4 is 0 Å². The van der Waals surface area contributed by atoms with E-state index in [1.807, 2.05) is 0 Å². The molecule has 0 spiro atoms. The van der Waals surface area contributed by atoms with Gasteiger partial charge in [-0.1, -0.05) is 12.1 Å². The first-order valence-electron chi connectivity index (χ1n) is 7.93. The number of carbonyl (C=O) groups excluding carboxylic acids is 3. The normalized spacial score (nSPS) is 22.2. The number of ether oxygens (including phenoxy) is 2. The third-order valence-electron chi connectivity index (χ3n) is 4.17. The molecule has 0 amide bonds. The van der Waals surface area contributed by atoms with Crippen LogP contribution >= 0.6 is 0 Å². The van der Waals surface area contributed by atoms with Crippen molar-refractivity contribution in [1.82, 2.24) is 0 Å². The summed E-state index contributed by atoms with van der Waals surface area (Å²) in [6.07, 6.45) is 0.720. The summed E-state index contributed by atoms with van der Waals surface area (Å²) in [4.78, 5) is 46.1. The first-order chi connectivity index (χ1) is 12.3. The Balaban J connectivity index is 1.64.